The number of carboxylic acids is 2. The molecule has 0 aromatic heterocycles. The van der Waals surface area contributed by atoms with E-state index in [1.54, 1.807) is 6.92 Å². The Balaban J connectivity index is 4.10. The molecule has 0 aliphatic heterocycles. The lowest BCUT2D eigenvalue weighted by Crippen LogP contribution is -2.43. The SMILES string of the molecule is CCOCC(=O)N[C@@H](CC(=O)O)C(=O)O. The lowest BCUT2D eigenvalue weighted by atomic mass is 10.2. The van der Waals surface area contributed by atoms with Crippen LogP contribution >= 0.6 is 0 Å². The predicted molar refractivity (Wildman–Crippen MR) is 48.3 cm³/mol. The third-order valence-electron chi connectivity index (χ3n) is 1.45. The second kappa shape index (κ2) is 6.77. The van der Waals surface area contributed by atoms with E-state index < -0.39 is 30.3 Å². The molecule has 0 aliphatic rings. The Morgan fingerprint density at radius 1 is 1.33 bits per heavy atom. The number of rotatable bonds is 7. The van der Waals surface area contributed by atoms with Gasteiger partial charge in [-0.1, -0.05) is 0 Å². The van der Waals surface area contributed by atoms with Crippen molar-refractivity contribution in [3.05, 3.63) is 0 Å². The highest BCUT2D eigenvalue weighted by molar-refractivity contribution is 5.87. The first-order valence-corrected chi connectivity index (χ1v) is 4.29. The fourth-order valence-electron chi connectivity index (χ4n) is 0.805. The number of carbonyl (C=O) groups is 3. The van der Waals surface area contributed by atoms with Gasteiger partial charge in [-0.05, 0) is 6.92 Å². The van der Waals surface area contributed by atoms with E-state index >= 15 is 0 Å². The zero-order valence-corrected chi connectivity index (χ0v) is 8.23. The summed E-state index contributed by atoms with van der Waals surface area (Å²) < 4.78 is 4.73. The maximum absolute atomic E-state index is 11.0. The van der Waals surface area contributed by atoms with Crippen molar-refractivity contribution in [1.29, 1.82) is 0 Å². The van der Waals surface area contributed by atoms with Crippen LogP contribution in [0.1, 0.15) is 13.3 Å². The molecule has 1 atom stereocenters. The van der Waals surface area contributed by atoms with Gasteiger partial charge >= 0.3 is 11.9 Å². The Hall–Kier alpha value is -1.63. The molecule has 0 bridgehead atoms. The maximum atomic E-state index is 11.0. The van der Waals surface area contributed by atoms with E-state index in [0.29, 0.717) is 6.61 Å². The van der Waals surface area contributed by atoms with E-state index in [2.05, 4.69) is 0 Å². The zero-order valence-electron chi connectivity index (χ0n) is 8.23. The topological polar surface area (TPSA) is 113 Å². The van der Waals surface area contributed by atoms with Gasteiger partial charge in [-0.25, -0.2) is 4.79 Å². The van der Waals surface area contributed by atoms with Crippen LogP contribution in [0.5, 0.6) is 0 Å². The number of carbonyl (C=O) groups excluding carboxylic acids is 1. The van der Waals surface area contributed by atoms with Gasteiger partial charge in [0.15, 0.2) is 0 Å². The lowest BCUT2D eigenvalue weighted by molar-refractivity contribution is -0.147. The Bertz CT molecular complexity index is 252. The molecule has 0 rings (SSSR count). The number of amides is 1. The highest BCUT2D eigenvalue weighted by Gasteiger charge is 2.22. The molecular formula is C8H13NO6. The number of aliphatic carboxylic acids is 2. The Kier molecular flexibility index (Phi) is 6.03. The highest BCUT2D eigenvalue weighted by atomic mass is 16.5. The summed E-state index contributed by atoms with van der Waals surface area (Å²) in [7, 11) is 0. The quantitative estimate of drug-likeness (QED) is 0.509. The third-order valence-corrected chi connectivity index (χ3v) is 1.45. The van der Waals surface area contributed by atoms with Gasteiger partial charge < -0.3 is 20.3 Å². The molecule has 0 saturated carbocycles. The first kappa shape index (κ1) is 13.4. The summed E-state index contributed by atoms with van der Waals surface area (Å²) in [5.74, 6) is -3.33. The van der Waals surface area contributed by atoms with Crippen LogP contribution in [-0.2, 0) is 19.1 Å². The fourth-order valence-corrected chi connectivity index (χ4v) is 0.805. The van der Waals surface area contributed by atoms with Crippen molar-refractivity contribution >= 4 is 17.8 Å². The van der Waals surface area contributed by atoms with E-state index in [1.807, 2.05) is 5.32 Å². The van der Waals surface area contributed by atoms with Crippen LogP contribution in [-0.4, -0.2) is 47.3 Å². The molecule has 0 saturated heterocycles. The van der Waals surface area contributed by atoms with Crippen molar-refractivity contribution in [2.24, 2.45) is 0 Å². The molecule has 0 fully saturated rings. The molecule has 1 amide bonds. The third kappa shape index (κ3) is 6.44. The minimum absolute atomic E-state index is 0.278. The van der Waals surface area contributed by atoms with Gasteiger partial charge in [-0.2, -0.15) is 0 Å². The van der Waals surface area contributed by atoms with Crippen LogP contribution in [0.4, 0.5) is 0 Å². The number of nitrogens with one attached hydrogen (secondary N) is 1. The molecule has 0 aromatic rings. The minimum atomic E-state index is -1.42. The van der Waals surface area contributed by atoms with Crippen LogP contribution in [0.15, 0.2) is 0 Å². The Morgan fingerprint density at radius 2 is 1.93 bits per heavy atom. The maximum Gasteiger partial charge on any atom is 0.326 e. The smallest absolute Gasteiger partial charge is 0.326 e. The Morgan fingerprint density at radius 3 is 2.33 bits per heavy atom. The molecule has 0 radical (unpaired) electrons. The van der Waals surface area contributed by atoms with Crippen LogP contribution in [0.3, 0.4) is 0 Å². The minimum Gasteiger partial charge on any atom is -0.481 e. The number of hydrogen-bond acceptors (Lipinski definition) is 4. The molecule has 0 unspecified atom stereocenters. The van der Waals surface area contributed by atoms with Gasteiger partial charge in [0.2, 0.25) is 5.91 Å². The lowest BCUT2D eigenvalue weighted by Gasteiger charge is -2.11. The van der Waals surface area contributed by atoms with E-state index in [0.717, 1.165) is 0 Å². The first-order chi connectivity index (χ1) is 6.97. The number of carboxylic acid groups (broad SMARTS) is 2. The zero-order chi connectivity index (χ0) is 11.8. The van der Waals surface area contributed by atoms with Crippen molar-refractivity contribution in [3.8, 4) is 0 Å². The van der Waals surface area contributed by atoms with Gasteiger partial charge in [-0.3, -0.25) is 9.59 Å². The van der Waals surface area contributed by atoms with Gasteiger partial charge in [0.05, 0.1) is 6.42 Å². The van der Waals surface area contributed by atoms with E-state index in [4.69, 9.17) is 14.9 Å². The highest BCUT2D eigenvalue weighted by Crippen LogP contribution is 1.92. The van der Waals surface area contributed by atoms with Crippen molar-refractivity contribution in [1.82, 2.24) is 5.32 Å². The van der Waals surface area contributed by atoms with Gasteiger partial charge in [0.25, 0.3) is 0 Å². The first-order valence-electron chi connectivity index (χ1n) is 4.29. The fraction of sp³-hybridized carbons (Fsp3) is 0.625. The normalized spacial score (nSPS) is 11.8. The summed E-state index contributed by atoms with van der Waals surface area (Å²) in [6.07, 6.45) is -0.660. The van der Waals surface area contributed by atoms with Crippen LogP contribution in [0.25, 0.3) is 0 Å². The molecule has 0 heterocycles. The van der Waals surface area contributed by atoms with Crippen LogP contribution < -0.4 is 5.32 Å². The van der Waals surface area contributed by atoms with Crippen molar-refractivity contribution in [3.63, 3.8) is 0 Å². The summed E-state index contributed by atoms with van der Waals surface area (Å²) in [6.45, 7) is 1.73. The summed E-state index contributed by atoms with van der Waals surface area (Å²) in [4.78, 5) is 31.8. The standard InChI is InChI=1S/C8H13NO6/c1-2-15-4-6(10)9-5(8(13)14)3-7(11)12/h5H,2-4H2,1H3,(H,9,10)(H,11,12)(H,13,14)/t5-/m0/s1. The second-order valence-corrected chi connectivity index (χ2v) is 2.69. The molecule has 7 nitrogen and oxygen atoms in total. The molecule has 7 heteroatoms. The van der Waals surface area contributed by atoms with E-state index in [-0.39, 0.29) is 6.61 Å². The molecular weight excluding hydrogens is 206 g/mol. The summed E-state index contributed by atoms with van der Waals surface area (Å²) in [6, 6.07) is -1.42. The van der Waals surface area contributed by atoms with Crippen molar-refractivity contribution in [2.45, 2.75) is 19.4 Å². The largest absolute Gasteiger partial charge is 0.481 e. The monoisotopic (exact) mass is 219 g/mol. The molecule has 86 valence electrons. The summed E-state index contributed by atoms with van der Waals surface area (Å²) in [5, 5.41) is 19.0. The van der Waals surface area contributed by atoms with Crippen LogP contribution in [0.2, 0.25) is 0 Å². The molecule has 15 heavy (non-hydrogen) atoms. The average molecular weight is 219 g/mol. The van der Waals surface area contributed by atoms with Crippen molar-refractivity contribution < 1.29 is 29.3 Å². The van der Waals surface area contributed by atoms with Crippen molar-refractivity contribution in [2.75, 3.05) is 13.2 Å². The van der Waals surface area contributed by atoms with E-state index in [9.17, 15) is 14.4 Å². The molecule has 0 spiro atoms. The second-order valence-electron chi connectivity index (χ2n) is 2.69. The van der Waals surface area contributed by atoms with Gasteiger partial charge in [-0.15, -0.1) is 0 Å². The van der Waals surface area contributed by atoms with Gasteiger partial charge in [0.1, 0.15) is 12.6 Å². The Labute approximate surface area is 86.0 Å². The predicted octanol–water partition coefficient (Wildman–Crippen LogP) is -0.933. The summed E-state index contributed by atoms with van der Waals surface area (Å²) >= 11 is 0. The van der Waals surface area contributed by atoms with Crippen LogP contribution in [0, 0.1) is 0 Å². The van der Waals surface area contributed by atoms with Gasteiger partial charge in [0, 0.05) is 6.61 Å². The van der Waals surface area contributed by atoms with E-state index in [1.165, 1.54) is 0 Å². The number of ether oxygens (including phenoxy) is 1. The molecule has 3 N–H and O–H groups in total. The average Bonchev–Trinajstić information content (AvgIpc) is 2.12. The molecule has 0 aliphatic carbocycles. The number of hydrogen-bond donors (Lipinski definition) is 3. The summed E-state index contributed by atoms with van der Waals surface area (Å²) in [5.41, 5.74) is 0. The molecule has 0 aromatic carbocycles.